The van der Waals surface area contributed by atoms with Crippen LogP contribution in [-0.2, 0) is 14.6 Å². The third-order valence-electron chi connectivity index (χ3n) is 4.99. The molecule has 14 heteroatoms. The number of aliphatic carboxylic acids is 1. The Labute approximate surface area is 214 Å². The average molecular weight is 551 g/mol. The number of aromatic amines is 1. The zero-order valence-corrected chi connectivity index (χ0v) is 21.0. The highest BCUT2D eigenvalue weighted by Crippen LogP contribution is 2.25. The Morgan fingerprint density at radius 3 is 2.39 bits per heavy atom. The zero-order chi connectivity index (χ0) is 28.3. The minimum Gasteiger partial charge on any atom is -0.495 e. The minimum atomic E-state index is -5.08. The predicted octanol–water partition coefficient (Wildman–Crippen LogP) is 3.63. The van der Waals surface area contributed by atoms with Crippen LogP contribution in [0.1, 0.15) is 17.1 Å². The maximum atomic E-state index is 12.4. The van der Waals surface area contributed by atoms with E-state index in [1.54, 1.807) is 25.6 Å². The number of H-pyrrole nitrogens is 1. The molecule has 0 atom stereocenters. The molecule has 4 aromatic rings. The number of nitrogens with one attached hydrogen (secondary N) is 1. The van der Waals surface area contributed by atoms with Crippen molar-refractivity contribution in [2.24, 2.45) is 0 Å². The maximum Gasteiger partial charge on any atom is 0.490 e. The summed E-state index contributed by atoms with van der Waals surface area (Å²) < 4.78 is 62.7. The largest absolute Gasteiger partial charge is 0.495 e. The molecule has 0 aliphatic rings. The molecule has 2 aromatic heterocycles. The van der Waals surface area contributed by atoms with Gasteiger partial charge in [0.05, 0.1) is 40.6 Å². The van der Waals surface area contributed by atoms with Gasteiger partial charge in [0.2, 0.25) is 0 Å². The normalized spacial score (nSPS) is 11.8. The molecule has 0 aliphatic carbocycles. The molecule has 200 valence electrons. The second-order valence-electron chi connectivity index (χ2n) is 7.89. The van der Waals surface area contributed by atoms with E-state index in [1.165, 1.54) is 18.2 Å². The molecule has 0 amide bonds. The lowest BCUT2D eigenvalue weighted by atomic mass is 10.1. The molecule has 0 spiro atoms. The van der Waals surface area contributed by atoms with E-state index in [2.05, 4.69) is 15.0 Å². The summed E-state index contributed by atoms with van der Waals surface area (Å²) in [4.78, 5) is 32.7. The quantitative estimate of drug-likeness (QED) is 0.383. The fraction of sp³-hybridized carbons (Fsp3) is 0.167. The number of carboxylic acid groups (broad SMARTS) is 1. The molecule has 2 N–H and O–H groups in total. The van der Waals surface area contributed by atoms with Gasteiger partial charge in [-0.25, -0.2) is 23.2 Å². The van der Waals surface area contributed by atoms with E-state index in [0.29, 0.717) is 22.5 Å². The van der Waals surface area contributed by atoms with E-state index in [0.717, 1.165) is 23.2 Å². The smallest absolute Gasteiger partial charge is 0.490 e. The molecule has 4 rings (SSSR count). The van der Waals surface area contributed by atoms with Crippen LogP contribution in [0, 0.1) is 6.92 Å². The maximum absolute atomic E-state index is 12.4. The van der Waals surface area contributed by atoms with Gasteiger partial charge in [-0.1, -0.05) is 12.1 Å². The summed E-state index contributed by atoms with van der Waals surface area (Å²) in [6.45, 7) is 1.91. The van der Waals surface area contributed by atoms with Crippen molar-refractivity contribution in [3.8, 4) is 11.4 Å². The van der Waals surface area contributed by atoms with Crippen LogP contribution < -0.4 is 10.3 Å². The summed E-state index contributed by atoms with van der Waals surface area (Å²) in [6, 6.07) is 9.95. The summed E-state index contributed by atoms with van der Waals surface area (Å²) in [6.07, 6.45) is 3.10. The Bertz CT molecular complexity index is 1690. The lowest BCUT2D eigenvalue weighted by Crippen LogP contribution is -2.21. The number of ether oxygens (including phenoxy) is 1. The van der Waals surface area contributed by atoms with Crippen molar-refractivity contribution in [3.05, 3.63) is 76.4 Å². The topological polar surface area (TPSA) is 144 Å². The Morgan fingerprint density at radius 2 is 1.84 bits per heavy atom. The van der Waals surface area contributed by atoms with Gasteiger partial charge >= 0.3 is 12.1 Å². The number of benzene rings is 2. The van der Waals surface area contributed by atoms with Crippen LogP contribution in [-0.4, -0.2) is 58.6 Å². The van der Waals surface area contributed by atoms with E-state index in [4.69, 9.17) is 14.6 Å². The summed E-state index contributed by atoms with van der Waals surface area (Å²) in [5.74, 6) is -1.78. The number of carboxylic acids is 1. The van der Waals surface area contributed by atoms with E-state index < -0.39 is 22.0 Å². The molecule has 2 heterocycles. The first-order valence-electron chi connectivity index (χ1n) is 10.6. The molecule has 0 fully saturated rings. The molecule has 10 nitrogen and oxygen atoms in total. The fourth-order valence-electron chi connectivity index (χ4n) is 3.19. The molecule has 0 saturated heterocycles. The second kappa shape index (κ2) is 10.9. The van der Waals surface area contributed by atoms with Gasteiger partial charge in [0.1, 0.15) is 11.6 Å². The number of carbonyl (C=O) groups is 1. The fourth-order valence-corrected chi connectivity index (χ4v) is 3.83. The van der Waals surface area contributed by atoms with Crippen molar-refractivity contribution in [2.75, 3.05) is 13.4 Å². The zero-order valence-electron chi connectivity index (χ0n) is 20.1. The van der Waals surface area contributed by atoms with E-state index in [1.807, 2.05) is 35.9 Å². The van der Waals surface area contributed by atoms with Gasteiger partial charge in [0, 0.05) is 12.5 Å². The number of alkyl halides is 3. The van der Waals surface area contributed by atoms with Crippen molar-refractivity contribution < 1.29 is 36.2 Å². The first-order valence-corrected chi connectivity index (χ1v) is 12.5. The van der Waals surface area contributed by atoms with Gasteiger partial charge in [-0.2, -0.15) is 13.2 Å². The number of halogens is 3. The lowest BCUT2D eigenvalue weighted by Gasteiger charge is -2.10. The van der Waals surface area contributed by atoms with Crippen LogP contribution in [0.25, 0.3) is 28.7 Å². The van der Waals surface area contributed by atoms with Gasteiger partial charge in [-0.05, 0) is 48.9 Å². The van der Waals surface area contributed by atoms with Gasteiger partial charge in [0.25, 0.3) is 5.56 Å². The Balaban J connectivity index is 0.000000505. The van der Waals surface area contributed by atoms with Gasteiger partial charge < -0.3 is 19.4 Å². The SMILES string of the molecule is COc1cc(/C=C/c2nc3cc(S(C)(=O)=O)ccc3c(=O)[nH]2)ccc1-n1cnc(C)c1.O=C(O)C(F)(F)F. The van der Waals surface area contributed by atoms with Crippen LogP contribution in [0.2, 0.25) is 0 Å². The molecule has 0 radical (unpaired) electrons. The third-order valence-corrected chi connectivity index (χ3v) is 6.10. The van der Waals surface area contributed by atoms with E-state index in [-0.39, 0.29) is 10.5 Å². The lowest BCUT2D eigenvalue weighted by molar-refractivity contribution is -0.192. The predicted molar refractivity (Wildman–Crippen MR) is 133 cm³/mol. The molecule has 0 bridgehead atoms. The van der Waals surface area contributed by atoms with Crippen molar-refractivity contribution >= 4 is 38.9 Å². The molecule has 0 saturated carbocycles. The van der Waals surface area contributed by atoms with Gasteiger partial charge in [-0.15, -0.1) is 0 Å². The van der Waals surface area contributed by atoms with Crippen LogP contribution in [0.3, 0.4) is 0 Å². The summed E-state index contributed by atoms with van der Waals surface area (Å²) in [5, 5.41) is 7.45. The van der Waals surface area contributed by atoms with Crippen LogP contribution in [0.5, 0.6) is 5.75 Å². The highest BCUT2D eigenvalue weighted by atomic mass is 32.2. The molecular weight excluding hydrogens is 529 g/mol. The number of nitrogens with zero attached hydrogens (tertiary/aromatic N) is 3. The number of hydrogen-bond acceptors (Lipinski definition) is 7. The highest BCUT2D eigenvalue weighted by molar-refractivity contribution is 7.90. The number of methoxy groups -OCH3 is 1. The minimum absolute atomic E-state index is 0.114. The number of aryl methyl sites for hydroxylation is 1. The standard InChI is InChI=1S/C22H20N4O4S.C2HF3O2/c1-14-12-26(13-23-14)19-8-4-15(10-20(19)30-2)5-9-21-24-18-11-16(31(3,28)29)6-7-17(18)22(27)25-21;3-2(4,5)1(6)7/h4-13H,1-3H3,(H,24,25,27);(H,6,7)/b9-5+;. The number of imidazole rings is 1. The summed E-state index contributed by atoms with van der Waals surface area (Å²) in [5.41, 5.74) is 2.56. The average Bonchev–Trinajstić information content (AvgIpc) is 3.27. The number of fused-ring (bicyclic) bond motifs is 1. The van der Waals surface area contributed by atoms with Gasteiger partial charge in [-0.3, -0.25) is 4.79 Å². The van der Waals surface area contributed by atoms with Gasteiger partial charge in [0.15, 0.2) is 9.84 Å². The van der Waals surface area contributed by atoms with E-state index >= 15 is 0 Å². The van der Waals surface area contributed by atoms with Crippen LogP contribution >= 0.6 is 0 Å². The molecule has 38 heavy (non-hydrogen) atoms. The molecule has 0 unspecified atom stereocenters. The van der Waals surface area contributed by atoms with Crippen molar-refractivity contribution in [1.29, 1.82) is 0 Å². The molecule has 0 aliphatic heterocycles. The number of aromatic nitrogens is 4. The van der Waals surface area contributed by atoms with Crippen molar-refractivity contribution in [2.45, 2.75) is 18.0 Å². The summed E-state index contributed by atoms with van der Waals surface area (Å²) in [7, 11) is -1.80. The summed E-state index contributed by atoms with van der Waals surface area (Å²) >= 11 is 0. The van der Waals surface area contributed by atoms with E-state index in [9.17, 15) is 26.4 Å². The number of rotatable bonds is 5. The Kier molecular flexibility index (Phi) is 8.05. The monoisotopic (exact) mass is 550 g/mol. The van der Waals surface area contributed by atoms with Crippen LogP contribution in [0.4, 0.5) is 13.2 Å². The molecular formula is C24H21F3N4O6S. The highest BCUT2D eigenvalue weighted by Gasteiger charge is 2.38. The third kappa shape index (κ3) is 6.85. The van der Waals surface area contributed by atoms with Crippen molar-refractivity contribution in [1.82, 2.24) is 19.5 Å². The first-order chi connectivity index (χ1) is 17.7. The Morgan fingerprint density at radius 1 is 1.16 bits per heavy atom. The molecule has 2 aromatic carbocycles. The van der Waals surface area contributed by atoms with Crippen LogP contribution in [0.15, 0.2) is 58.6 Å². The van der Waals surface area contributed by atoms with Crippen molar-refractivity contribution in [3.63, 3.8) is 0 Å². The second-order valence-corrected chi connectivity index (χ2v) is 9.91. The number of hydrogen-bond donors (Lipinski definition) is 2. The number of sulfone groups is 1. The Hall–Kier alpha value is -4.46. The first kappa shape index (κ1) is 28.1.